The van der Waals surface area contributed by atoms with Gasteiger partial charge in [0.25, 0.3) is 11.6 Å². The summed E-state index contributed by atoms with van der Waals surface area (Å²) in [4.78, 5) is 22.9. The zero-order chi connectivity index (χ0) is 17.6. The molecule has 1 aromatic carbocycles. The number of carbonyl (C=O) groups is 1. The van der Waals surface area contributed by atoms with E-state index in [1.807, 2.05) is 13.0 Å². The molecule has 4 rings (SSSR count). The number of allylic oxidation sites excluding steroid dienone is 4. The molecule has 0 spiro atoms. The van der Waals surface area contributed by atoms with Crippen LogP contribution in [0.5, 0.6) is 0 Å². The maximum absolute atomic E-state index is 13.1. The van der Waals surface area contributed by atoms with Crippen LogP contribution in [-0.4, -0.2) is 27.8 Å². The molecule has 1 aliphatic carbocycles. The molecule has 25 heavy (non-hydrogen) atoms. The van der Waals surface area contributed by atoms with E-state index in [4.69, 9.17) is 16.5 Å². The third kappa shape index (κ3) is 2.46. The highest BCUT2D eigenvalue weighted by molar-refractivity contribution is 6.30. The molecule has 1 amide bonds. The van der Waals surface area contributed by atoms with Gasteiger partial charge < -0.3 is 0 Å². The molecule has 1 aromatic rings. The van der Waals surface area contributed by atoms with Gasteiger partial charge in [0.05, 0.1) is 10.6 Å². The Balaban J connectivity index is 1.79. The number of carbonyl (C=O) groups excluding carboxylic acids is 1. The second-order valence-electron chi connectivity index (χ2n) is 5.81. The highest BCUT2D eigenvalue weighted by Crippen LogP contribution is 2.35. The van der Waals surface area contributed by atoms with Gasteiger partial charge in [-0.05, 0) is 35.8 Å². The monoisotopic (exact) mass is 355 g/mol. The zero-order valence-electron chi connectivity index (χ0n) is 13.3. The van der Waals surface area contributed by atoms with Crippen LogP contribution in [0.25, 0.3) is 0 Å². The third-order valence-corrected chi connectivity index (χ3v) is 4.61. The summed E-state index contributed by atoms with van der Waals surface area (Å²) in [6.07, 6.45) is 9.16. The lowest BCUT2D eigenvalue weighted by molar-refractivity contribution is -0.790. The minimum Gasteiger partial charge on any atom is -0.285 e. The summed E-state index contributed by atoms with van der Waals surface area (Å²) >= 11 is 6.02. The standard InChI is InChI=1S/C18H14ClN3O3/c1-2-11-8-13(19)6-7-14(11)18(23)21-16-10-20-9-12-4-3-5-15(17(12)16)22(24)25-21/h3-10,17H,2H2,1H3. The maximum atomic E-state index is 13.1. The largest absolute Gasteiger partial charge is 0.285 e. The number of rotatable bonds is 2. The first kappa shape index (κ1) is 15.7. The number of aliphatic imine (C=N–C) groups is 1. The fourth-order valence-corrected chi connectivity index (χ4v) is 3.36. The van der Waals surface area contributed by atoms with E-state index in [9.17, 15) is 10.0 Å². The average Bonchev–Trinajstić information content (AvgIpc) is 2.64. The van der Waals surface area contributed by atoms with Crippen molar-refractivity contribution < 1.29 is 14.6 Å². The molecule has 2 heterocycles. The molecule has 0 bridgehead atoms. The van der Waals surface area contributed by atoms with E-state index < -0.39 is 5.91 Å². The van der Waals surface area contributed by atoms with Gasteiger partial charge in [-0.1, -0.05) is 30.7 Å². The van der Waals surface area contributed by atoms with Crippen LogP contribution in [0.15, 0.2) is 58.9 Å². The van der Waals surface area contributed by atoms with Crippen molar-refractivity contribution in [3.8, 4) is 0 Å². The Kier molecular flexibility index (Phi) is 3.69. The minimum absolute atomic E-state index is 0.366. The smallest absolute Gasteiger partial charge is 0.276 e. The molecule has 0 saturated carbocycles. The van der Waals surface area contributed by atoms with Crippen LogP contribution in [0.2, 0.25) is 5.02 Å². The van der Waals surface area contributed by atoms with Crippen molar-refractivity contribution in [3.05, 3.63) is 75.3 Å². The fourth-order valence-electron chi connectivity index (χ4n) is 3.17. The van der Waals surface area contributed by atoms with E-state index in [-0.39, 0.29) is 5.92 Å². The number of nitrogens with zero attached hydrogens (tertiary/aromatic N) is 3. The molecule has 0 aromatic heterocycles. The van der Waals surface area contributed by atoms with Crippen LogP contribution in [0.4, 0.5) is 0 Å². The summed E-state index contributed by atoms with van der Waals surface area (Å²) in [7, 11) is 0. The number of hydroxylamine groups is 2. The maximum Gasteiger partial charge on any atom is 0.276 e. The van der Waals surface area contributed by atoms with Crippen molar-refractivity contribution in [1.29, 1.82) is 0 Å². The first-order valence-corrected chi connectivity index (χ1v) is 8.24. The SMILES string of the molecule is CCc1cc(Cl)ccc1C(=O)N1O[N+]([O-])=C2C=CC=C3C=NC=C1C32. The van der Waals surface area contributed by atoms with Gasteiger partial charge in [0.2, 0.25) is 0 Å². The van der Waals surface area contributed by atoms with Crippen LogP contribution < -0.4 is 0 Å². The molecule has 1 unspecified atom stereocenters. The summed E-state index contributed by atoms with van der Waals surface area (Å²) in [5, 5.41) is 13.9. The van der Waals surface area contributed by atoms with E-state index in [0.29, 0.717) is 33.3 Å². The van der Waals surface area contributed by atoms with Gasteiger partial charge in [0.1, 0.15) is 5.92 Å². The Morgan fingerprint density at radius 2 is 2.32 bits per heavy atom. The Bertz CT molecular complexity index is 927. The summed E-state index contributed by atoms with van der Waals surface area (Å²) in [6, 6.07) is 5.03. The Hall–Kier alpha value is -2.86. The summed E-state index contributed by atoms with van der Waals surface area (Å²) < 4.78 is 0. The van der Waals surface area contributed by atoms with Gasteiger partial charge in [0, 0.05) is 29.1 Å². The average molecular weight is 356 g/mol. The molecule has 0 saturated heterocycles. The Morgan fingerprint density at radius 1 is 1.48 bits per heavy atom. The van der Waals surface area contributed by atoms with E-state index in [2.05, 4.69) is 4.99 Å². The molecule has 3 aliphatic rings. The first-order valence-electron chi connectivity index (χ1n) is 7.86. The number of halogens is 1. The Morgan fingerprint density at radius 3 is 3.12 bits per heavy atom. The van der Waals surface area contributed by atoms with E-state index in [1.54, 1.807) is 42.8 Å². The molecule has 0 radical (unpaired) electrons. The minimum atomic E-state index is -0.425. The van der Waals surface area contributed by atoms with Crippen LogP contribution >= 0.6 is 11.6 Å². The third-order valence-electron chi connectivity index (χ3n) is 4.38. The van der Waals surface area contributed by atoms with Gasteiger partial charge in [-0.3, -0.25) is 19.9 Å². The number of hydrogen-bond donors (Lipinski definition) is 0. The predicted octanol–water partition coefficient (Wildman–Crippen LogP) is 3.19. The van der Waals surface area contributed by atoms with Crippen LogP contribution in [0.1, 0.15) is 22.8 Å². The van der Waals surface area contributed by atoms with Crippen molar-refractivity contribution in [2.24, 2.45) is 10.9 Å². The van der Waals surface area contributed by atoms with Crippen molar-refractivity contribution in [2.75, 3.05) is 0 Å². The van der Waals surface area contributed by atoms with Crippen LogP contribution in [0.3, 0.4) is 0 Å². The summed E-state index contributed by atoms with van der Waals surface area (Å²) in [5.74, 6) is -0.791. The normalized spacial score (nSPS) is 20.7. The quantitative estimate of drug-likeness (QED) is 0.765. The number of aryl methyl sites for hydroxylation is 1. The second kappa shape index (κ2) is 5.89. The molecule has 0 fully saturated rings. The lowest BCUT2D eigenvalue weighted by atomic mass is 9.85. The molecule has 7 heteroatoms. The van der Waals surface area contributed by atoms with Gasteiger partial charge in [-0.15, -0.1) is 0 Å². The van der Waals surface area contributed by atoms with E-state index >= 15 is 0 Å². The molecule has 1 atom stereocenters. The van der Waals surface area contributed by atoms with E-state index in [1.165, 1.54) is 0 Å². The Labute approximate surface area is 149 Å². The molecular weight excluding hydrogens is 342 g/mol. The summed E-state index contributed by atoms with van der Waals surface area (Å²) in [6.45, 7) is 1.93. The molecule has 2 aliphatic heterocycles. The second-order valence-corrected chi connectivity index (χ2v) is 6.25. The number of amides is 1. The lowest BCUT2D eigenvalue weighted by Gasteiger charge is -2.36. The predicted molar refractivity (Wildman–Crippen MR) is 94.0 cm³/mol. The first-order chi connectivity index (χ1) is 12.1. The topological polar surface area (TPSA) is 68.0 Å². The summed E-state index contributed by atoms with van der Waals surface area (Å²) in [5.41, 5.74) is 3.00. The van der Waals surface area contributed by atoms with Gasteiger partial charge >= 0.3 is 0 Å². The molecule has 126 valence electrons. The molecular formula is C18H14ClN3O3. The van der Waals surface area contributed by atoms with Gasteiger partial charge in [0.15, 0.2) is 0 Å². The van der Waals surface area contributed by atoms with Crippen molar-refractivity contribution in [3.63, 3.8) is 0 Å². The van der Waals surface area contributed by atoms with Gasteiger partial charge in [-0.25, -0.2) is 0 Å². The zero-order valence-corrected chi connectivity index (χ0v) is 14.1. The van der Waals surface area contributed by atoms with Crippen molar-refractivity contribution in [1.82, 2.24) is 5.06 Å². The van der Waals surface area contributed by atoms with Crippen molar-refractivity contribution >= 4 is 29.4 Å². The highest BCUT2D eigenvalue weighted by Gasteiger charge is 2.42. The van der Waals surface area contributed by atoms with Crippen LogP contribution in [0, 0.1) is 11.1 Å². The van der Waals surface area contributed by atoms with E-state index in [0.717, 1.165) is 16.2 Å². The number of benzene rings is 1. The number of hydrogen-bond acceptors (Lipinski definition) is 4. The highest BCUT2D eigenvalue weighted by atomic mass is 35.5. The molecule has 6 nitrogen and oxygen atoms in total. The van der Waals surface area contributed by atoms with Crippen molar-refractivity contribution in [2.45, 2.75) is 13.3 Å². The van der Waals surface area contributed by atoms with Gasteiger partial charge in [-0.2, -0.15) is 5.06 Å². The van der Waals surface area contributed by atoms with Crippen LogP contribution in [-0.2, 0) is 11.4 Å². The fraction of sp³-hybridized carbons (Fsp3) is 0.167. The molecule has 0 N–H and O–H groups in total. The lowest BCUT2D eigenvalue weighted by Crippen LogP contribution is -2.46.